The summed E-state index contributed by atoms with van der Waals surface area (Å²) in [5.41, 5.74) is 9.48. The normalized spacial score (nSPS) is 10.7. The molecule has 0 amide bonds. The van der Waals surface area contributed by atoms with E-state index in [9.17, 15) is 0 Å². The van der Waals surface area contributed by atoms with Crippen LogP contribution in [0.25, 0.3) is 10.9 Å². The van der Waals surface area contributed by atoms with E-state index in [1.54, 1.807) is 7.11 Å². The highest BCUT2D eigenvalue weighted by molar-refractivity contribution is 5.84. The number of aromatic nitrogens is 1. The van der Waals surface area contributed by atoms with Crippen LogP contribution >= 0.6 is 0 Å². The van der Waals surface area contributed by atoms with Gasteiger partial charge in [0.1, 0.15) is 5.75 Å². The summed E-state index contributed by atoms with van der Waals surface area (Å²) in [7, 11) is 1.66. The van der Waals surface area contributed by atoms with Gasteiger partial charge in [-0.25, -0.2) is 0 Å². The number of H-pyrrole nitrogens is 1. The van der Waals surface area contributed by atoms with Gasteiger partial charge in [-0.1, -0.05) is 0 Å². The maximum Gasteiger partial charge on any atom is 0.120 e. The molecule has 0 bridgehead atoms. The van der Waals surface area contributed by atoms with Crippen LogP contribution in [0.3, 0.4) is 0 Å². The number of nitrogens with one attached hydrogen (secondary N) is 2. The molecule has 3 heteroatoms. The molecule has 0 aliphatic heterocycles. The molecule has 14 heavy (non-hydrogen) atoms. The standard InChI is InChI=1S/C11H13N2O/c1-14-9-2-3-10-8(4-5-12)7-13-11(10)6-9/h2-3,6-7,12-13H,4-5H2,1H3. The van der Waals surface area contributed by atoms with Crippen molar-refractivity contribution in [1.29, 1.82) is 0 Å². The Bertz CT molecular complexity index is 434. The molecule has 0 unspecified atom stereocenters. The zero-order chi connectivity index (χ0) is 9.97. The lowest BCUT2D eigenvalue weighted by atomic mass is 10.1. The molecular weight excluding hydrogens is 176 g/mol. The van der Waals surface area contributed by atoms with Crippen LogP contribution in [0, 0.1) is 0 Å². The lowest BCUT2D eigenvalue weighted by Crippen LogP contribution is -1.90. The van der Waals surface area contributed by atoms with Crippen molar-refractivity contribution >= 4 is 10.9 Å². The predicted octanol–water partition coefficient (Wildman–Crippen LogP) is 2.00. The summed E-state index contributed by atoms with van der Waals surface area (Å²) in [6.07, 6.45) is 2.77. The van der Waals surface area contributed by atoms with Crippen molar-refractivity contribution in [3.63, 3.8) is 0 Å². The number of rotatable bonds is 3. The molecule has 2 aromatic rings. The molecule has 0 spiro atoms. The second-order valence-electron chi connectivity index (χ2n) is 3.23. The minimum Gasteiger partial charge on any atom is -0.497 e. The largest absolute Gasteiger partial charge is 0.497 e. The van der Waals surface area contributed by atoms with E-state index < -0.39 is 0 Å². The predicted molar refractivity (Wildman–Crippen MR) is 56.5 cm³/mol. The summed E-state index contributed by atoms with van der Waals surface area (Å²) in [6, 6.07) is 5.96. The number of fused-ring (bicyclic) bond motifs is 1. The quantitative estimate of drug-likeness (QED) is 0.788. The van der Waals surface area contributed by atoms with Crippen molar-refractivity contribution in [3.05, 3.63) is 30.0 Å². The maximum atomic E-state index is 7.19. The van der Waals surface area contributed by atoms with Crippen molar-refractivity contribution in [2.24, 2.45) is 0 Å². The molecule has 1 heterocycles. The number of methoxy groups -OCH3 is 1. The van der Waals surface area contributed by atoms with Gasteiger partial charge in [-0.3, -0.25) is 5.73 Å². The molecule has 3 nitrogen and oxygen atoms in total. The maximum absolute atomic E-state index is 7.19. The molecule has 1 radical (unpaired) electrons. The summed E-state index contributed by atoms with van der Waals surface area (Å²) in [5.74, 6) is 0.858. The molecule has 0 atom stereocenters. The van der Waals surface area contributed by atoms with E-state index in [2.05, 4.69) is 4.98 Å². The van der Waals surface area contributed by atoms with Crippen molar-refractivity contribution in [3.8, 4) is 5.75 Å². The van der Waals surface area contributed by atoms with Crippen LogP contribution in [0.2, 0.25) is 0 Å². The Labute approximate surface area is 82.9 Å². The smallest absolute Gasteiger partial charge is 0.120 e. The van der Waals surface area contributed by atoms with Gasteiger partial charge in [0.15, 0.2) is 0 Å². The highest BCUT2D eigenvalue weighted by Crippen LogP contribution is 2.23. The van der Waals surface area contributed by atoms with Gasteiger partial charge in [0.25, 0.3) is 0 Å². The molecule has 0 aliphatic rings. The SMILES string of the molecule is COc1ccc2c(CC[NH])c[nH]c2c1. The van der Waals surface area contributed by atoms with Gasteiger partial charge < -0.3 is 9.72 Å². The number of hydrogen-bond donors (Lipinski definition) is 1. The number of aromatic amines is 1. The fourth-order valence-corrected chi connectivity index (χ4v) is 1.63. The van der Waals surface area contributed by atoms with E-state index in [1.807, 2.05) is 24.4 Å². The van der Waals surface area contributed by atoms with Crippen LogP contribution in [0.4, 0.5) is 0 Å². The Balaban J connectivity index is 2.48. The monoisotopic (exact) mass is 189 g/mol. The average Bonchev–Trinajstić information content (AvgIpc) is 2.61. The fraction of sp³-hybridized carbons (Fsp3) is 0.273. The van der Waals surface area contributed by atoms with Crippen LogP contribution < -0.4 is 10.5 Å². The van der Waals surface area contributed by atoms with Crippen LogP contribution in [-0.4, -0.2) is 18.6 Å². The summed E-state index contributed by atoms with van der Waals surface area (Å²) in [6.45, 7) is 0.430. The summed E-state index contributed by atoms with van der Waals surface area (Å²) < 4.78 is 5.13. The molecule has 73 valence electrons. The van der Waals surface area contributed by atoms with E-state index >= 15 is 0 Å². The number of ether oxygens (including phenoxy) is 1. The first kappa shape index (κ1) is 9.09. The molecule has 0 saturated carbocycles. The Morgan fingerprint density at radius 3 is 3.00 bits per heavy atom. The fourth-order valence-electron chi connectivity index (χ4n) is 1.63. The van der Waals surface area contributed by atoms with E-state index in [-0.39, 0.29) is 0 Å². The number of benzene rings is 1. The zero-order valence-corrected chi connectivity index (χ0v) is 8.13. The molecule has 0 aliphatic carbocycles. The van der Waals surface area contributed by atoms with Crippen molar-refractivity contribution in [2.75, 3.05) is 13.7 Å². The van der Waals surface area contributed by atoms with E-state index in [1.165, 1.54) is 10.9 Å². The van der Waals surface area contributed by atoms with Gasteiger partial charge in [0.2, 0.25) is 0 Å². The van der Waals surface area contributed by atoms with Crippen LogP contribution in [-0.2, 0) is 6.42 Å². The third kappa shape index (κ3) is 1.46. The van der Waals surface area contributed by atoms with E-state index in [0.29, 0.717) is 6.54 Å². The van der Waals surface area contributed by atoms with Gasteiger partial charge >= 0.3 is 0 Å². The second-order valence-corrected chi connectivity index (χ2v) is 3.23. The molecule has 0 saturated heterocycles. The molecule has 2 rings (SSSR count). The second kappa shape index (κ2) is 3.72. The minimum atomic E-state index is 0.430. The number of hydrogen-bond acceptors (Lipinski definition) is 1. The average molecular weight is 189 g/mol. The first-order valence-electron chi connectivity index (χ1n) is 4.63. The lowest BCUT2D eigenvalue weighted by Gasteiger charge is -1.99. The topological polar surface area (TPSA) is 48.8 Å². The van der Waals surface area contributed by atoms with Crippen LogP contribution in [0.15, 0.2) is 24.4 Å². The zero-order valence-electron chi connectivity index (χ0n) is 8.13. The van der Waals surface area contributed by atoms with Crippen LogP contribution in [0.5, 0.6) is 5.75 Å². The molecule has 1 aromatic heterocycles. The van der Waals surface area contributed by atoms with E-state index in [0.717, 1.165) is 17.7 Å². The van der Waals surface area contributed by atoms with Gasteiger partial charge in [-0.2, -0.15) is 0 Å². The third-order valence-corrected chi connectivity index (χ3v) is 2.37. The van der Waals surface area contributed by atoms with Crippen LogP contribution in [0.1, 0.15) is 5.56 Å². The van der Waals surface area contributed by atoms with Gasteiger partial charge in [-0.05, 0) is 24.1 Å². The third-order valence-electron chi connectivity index (χ3n) is 2.37. The Morgan fingerprint density at radius 1 is 1.43 bits per heavy atom. The van der Waals surface area contributed by atoms with Gasteiger partial charge in [-0.15, -0.1) is 0 Å². The molecule has 2 N–H and O–H groups in total. The molecule has 1 aromatic carbocycles. The highest BCUT2D eigenvalue weighted by atomic mass is 16.5. The van der Waals surface area contributed by atoms with Crippen molar-refractivity contribution in [2.45, 2.75) is 6.42 Å². The Morgan fingerprint density at radius 2 is 2.29 bits per heavy atom. The first-order valence-corrected chi connectivity index (χ1v) is 4.63. The summed E-state index contributed by atoms with van der Waals surface area (Å²) >= 11 is 0. The Kier molecular flexibility index (Phi) is 2.41. The first-order chi connectivity index (χ1) is 6.85. The lowest BCUT2D eigenvalue weighted by molar-refractivity contribution is 0.415. The Hall–Kier alpha value is -1.48. The molecule has 0 fully saturated rings. The van der Waals surface area contributed by atoms with Gasteiger partial charge in [0, 0.05) is 29.7 Å². The van der Waals surface area contributed by atoms with Crippen molar-refractivity contribution in [1.82, 2.24) is 10.7 Å². The molecular formula is C11H13N2O. The minimum absolute atomic E-state index is 0.430. The summed E-state index contributed by atoms with van der Waals surface area (Å²) in [5, 5.41) is 1.19. The van der Waals surface area contributed by atoms with Crippen molar-refractivity contribution < 1.29 is 4.74 Å². The van der Waals surface area contributed by atoms with E-state index in [4.69, 9.17) is 10.5 Å². The summed E-state index contributed by atoms with van der Waals surface area (Å²) in [4.78, 5) is 3.18. The highest BCUT2D eigenvalue weighted by Gasteiger charge is 2.03. The van der Waals surface area contributed by atoms with Gasteiger partial charge in [0.05, 0.1) is 7.11 Å².